The number of likely N-dealkylation sites (N-methyl/N-ethyl adjacent to an activating group) is 1. The maximum Gasteiger partial charge on any atom is 0.00995 e. The van der Waals surface area contributed by atoms with Crippen LogP contribution in [-0.2, 0) is 0 Å². The summed E-state index contributed by atoms with van der Waals surface area (Å²) in [4.78, 5) is 0. The highest BCUT2D eigenvalue weighted by atomic mass is 15.0. The molecule has 2 unspecified atom stereocenters. The Kier molecular flexibility index (Phi) is 3.16. The molecule has 2 atom stereocenters. The molecular weight excluding hydrogens is 124 g/mol. The molecule has 2 nitrogen and oxygen atoms in total. The Balaban J connectivity index is 1.87. The highest BCUT2D eigenvalue weighted by Gasteiger charge is 2.33. The Morgan fingerprint density at radius 2 is 2.20 bits per heavy atom. The van der Waals surface area contributed by atoms with E-state index in [0.717, 1.165) is 25.0 Å². The molecule has 0 radical (unpaired) electrons. The van der Waals surface area contributed by atoms with Crippen molar-refractivity contribution in [3.05, 3.63) is 0 Å². The van der Waals surface area contributed by atoms with Crippen LogP contribution in [0.25, 0.3) is 0 Å². The van der Waals surface area contributed by atoms with Crippen molar-refractivity contribution in [2.24, 2.45) is 5.92 Å². The van der Waals surface area contributed by atoms with E-state index in [9.17, 15) is 0 Å². The van der Waals surface area contributed by atoms with Crippen molar-refractivity contribution in [2.45, 2.75) is 25.8 Å². The number of hydrogen-bond donors (Lipinski definition) is 2. The van der Waals surface area contributed by atoms with Crippen LogP contribution >= 0.6 is 0 Å². The van der Waals surface area contributed by atoms with Gasteiger partial charge in [-0.3, -0.25) is 0 Å². The normalized spacial score (nSPS) is 30.6. The van der Waals surface area contributed by atoms with E-state index in [-0.39, 0.29) is 0 Å². The summed E-state index contributed by atoms with van der Waals surface area (Å²) in [7, 11) is 1.99. The van der Waals surface area contributed by atoms with Gasteiger partial charge in [-0.1, -0.05) is 13.3 Å². The van der Waals surface area contributed by atoms with Crippen molar-refractivity contribution in [2.75, 3.05) is 20.1 Å². The highest BCUT2D eigenvalue weighted by Crippen LogP contribution is 2.32. The van der Waals surface area contributed by atoms with E-state index in [4.69, 9.17) is 0 Å². The molecule has 0 spiro atoms. The molecule has 2 heteroatoms. The van der Waals surface area contributed by atoms with Gasteiger partial charge in [0, 0.05) is 19.1 Å². The number of hydrogen-bond acceptors (Lipinski definition) is 2. The molecule has 0 aromatic rings. The fourth-order valence-corrected chi connectivity index (χ4v) is 1.33. The molecule has 1 saturated carbocycles. The monoisotopic (exact) mass is 142 g/mol. The van der Waals surface area contributed by atoms with Gasteiger partial charge < -0.3 is 10.6 Å². The van der Waals surface area contributed by atoms with Gasteiger partial charge in [-0.05, 0) is 19.4 Å². The third-order valence-corrected chi connectivity index (χ3v) is 2.23. The lowest BCUT2D eigenvalue weighted by Gasteiger charge is -2.01. The van der Waals surface area contributed by atoms with Crippen molar-refractivity contribution in [1.29, 1.82) is 0 Å². The standard InChI is InChI=1S/C8H18N2/c1-3-7-6-8(7)10-5-4-9-2/h7-10H,3-6H2,1-2H3. The van der Waals surface area contributed by atoms with Crippen LogP contribution in [0.4, 0.5) is 0 Å². The largest absolute Gasteiger partial charge is 0.318 e. The van der Waals surface area contributed by atoms with E-state index in [1.165, 1.54) is 12.8 Å². The Hall–Kier alpha value is -0.0800. The first kappa shape index (κ1) is 8.02. The zero-order valence-electron chi connectivity index (χ0n) is 6.98. The van der Waals surface area contributed by atoms with E-state index in [1.54, 1.807) is 0 Å². The second kappa shape index (κ2) is 3.94. The van der Waals surface area contributed by atoms with Crippen molar-refractivity contribution in [1.82, 2.24) is 10.6 Å². The lowest BCUT2D eigenvalue weighted by Crippen LogP contribution is -2.27. The second-order valence-electron chi connectivity index (χ2n) is 3.07. The molecule has 0 heterocycles. The average molecular weight is 142 g/mol. The topological polar surface area (TPSA) is 24.1 Å². The Morgan fingerprint density at radius 3 is 2.70 bits per heavy atom. The second-order valence-corrected chi connectivity index (χ2v) is 3.07. The van der Waals surface area contributed by atoms with Crippen LogP contribution in [-0.4, -0.2) is 26.2 Å². The predicted octanol–water partition coefficient (Wildman–Crippen LogP) is 0.594. The van der Waals surface area contributed by atoms with Gasteiger partial charge in [-0.25, -0.2) is 0 Å². The summed E-state index contributed by atoms with van der Waals surface area (Å²) in [5.41, 5.74) is 0. The maximum absolute atomic E-state index is 3.50. The van der Waals surface area contributed by atoms with Gasteiger partial charge in [0.2, 0.25) is 0 Å². The van der Waals surface area contributed by atoms with Crippen molar-refractivity contribution < 1.29 is 0 Å². The van der Waals surface area contributed by atoms with Crippen LogP contribution in [0.1, 0.15) is 19.8 Å². The molecule has 1 aliphatic carbocycles. The minimum absolute atomic E-state index is 0.846. The molecule has 2 N–H and O–H groups in total. The molecule has 0 saturated heterocycles. The summed E-state index contributed by atoms with van der Waals surface area (Å²) in [5, 5.41) is 6.62. The molecular formula is C8H18N2. The van der Waals surface area contributed by atoms with Gasteiger partial charge in [0.1, 0.15) is 0 Å². The van der Waals surface area contributed by atoms with Crippen molar-refractivity contribution in [3.63, 3.8) is 0 Å². The van der Waals surface area contributed by atoms with Crippen LogP contribution in [0.15, 0.2) is 0 Å². The smallest absolute Gasteiger partial charge is 0.00995 e. The fourth-order valence-electron chi connectivity index (χ4n) is 1.33. The third-order valence-electron chi connectivity index (χ3n) is 2.23. The Morgan fingerprint density at radius 1 is 1.40 bits per heavy atom. The molecule has 60 valence electrons. The minimum Gasteiger partial charge on any atom is -0.318 e. The van der Waals surface area contributed by atoms with Gasteiger partial charge in [0.15, 0.2) is 0 Å². The molecule has 10 heavy (non-hydrogen) atoms. The summed E-state index contributed by atoms with van der Waals surface area (Å²) in [6, 6.07) is 0.846. The van der Waals surface area contributed by atoms with Gasteiger partial charge in [0.25, 0.3) is 0 Å². The highest BCUT2D eigenvalue weighted by molar-refractivity contribution is 4.91. The first-order valence-corrected chi connectivity index (χ1v) is 4.26. The molecule has 0 aromatic heterocycles. The SMILES string of the molecule is CCC1CC1NCCNC. The van der Waals surface area contributed by atoms with Crippen LogP contribution < -0.4 is 10.6 Å². The molecule has 1 fully saturated rings. The zero-order valence-corrected chi connectivity index (χ0v) is 6.98. The van der Waals surface area contributed by atoms with Crippen molar-refractivity contribution in [3.8, 4) is 0 Å². The predicted molar refractivity (Wildman–Crippen MR) is 44.1 cm³/mol. The molecule has 0 aromatic carbocycles. The Labute approximate surface area is 63.4 Å². The summed E-state index contributed by atoms with van der Waals surface area (Å²) >= 11 is 0. The van der Waals surface area contributed by atoms with E-state index in [1.807, 2.05) is 7.05 Å². The minimum atomic E-state index is 0.846. The van der Waals surface area contributed by atoms with Gasteiger partial charge in [0.05, 0.1) is 0 Å². The summed E-state index contributed by atoms with van der Waals surface area (Å²) in [6.45, 7) is 4.48. The number of rotatable bonds is 5. The lowest BCUT2D eigenvalue weighted by molar-refractivity contribution is 0.605. The quantitative estimate of drug-likeness (QED) is 0.549. The molecule has 0 aliphatic heterocycles. The molecule has 1 rings (SSSR count). The van der Waals surface area contributed by atoms with Crippen LogP contribution in [0.3, 0.4) is 0 Å². The third kappa shape index (κ3) is 2.27. The summed E-state index contributed by atoms with van der Waals surface area (Å²) in [5.74, 6) is 0.983. The number of nitrogens with one attached hydrogen (secondary N) is 2. The fraction of sp³-hybridized carbons (Fsp3) is 1.00. The van der Waals surface area contributed by atoms with Crippen LogP contribution in [0, 0.1) is 5.92 Å². The van der Waals surface area contributed by atoms with E-state index in [0.29, 0.717) is 0 Å². The van der Waals surface area contributed by atoms with E-state index >= 15 is 0 Å². The summed E-state index contributed by atoms with van der Waals surface area (Å²) < 4.78 is 0. The lowest BCUT2D eigenvalue weighted by atomic mass is 10.3. The molecule has 0 amide bonds. The summed E-state index contributed by atoms with van der Waals surface area (Å²) in [6.07, 6.45) is 2.75. The van der Waals surface area contributed by atoms with Gasteiger partial charge >= 0.3 is 0 Å². The Bertz CT molecular complexity index is 93.3. The zero-order chi connectivity index (χ0) is 7.40. The van der Waals surface area contributed by atoms with Gasteiger partial charge in [-0.2, -0.15) is 0 Å². The molecule has 0 bridgehead atoms. The van der Waals surface area contributed by atoms with Crippen LogP contribution in [0.2, 0.25) is 0 Å². The van der Waals surface area contributed by atoms with E-state index in [2.05, 4.69) is 17.6 Å². The average Bonchev–Trinajstić information content (AvgIpc) is 2.68. The van der Waals surface area contributed by atoms with E-state index < -0.39 is 0 Å². The molecule has 1 aliphatic rings. The van der Waals surface area contributed by atoms with Crippen molar-refractivity contribution >= 4 is 0 Å². The first-order chi connectivity index (χ1) is 4.88. The van der Waals surface area contributed by atoms with Gasteiger partial charge in [-0.15, -0.1) is 0 Å². The first-order valence-electron chi connectivity index (χ1n) is 4.26. The van der Waals surface area contributed by atoms with Crippen LogP contribution in [0.5, 0.6) is 0 Å². The maximum atomic E-state index is 3.50.